The van der Waals surface area contributed by atoms with E-state index in [9.17, 15) is 9.59 Å². The number of Topliss-reactive ketones (excluding diaryl/α,β-unsaturated/α-hetero) is 2. The molecule has 0 amide bonds. The molecule has 0 aromatic carbocycles. The highest BCUT2D eigenvalue weighted by atomic mass is 17.2. The van der Waals surface area contributed by atoms with Crippen LogP contribution in [0.4, 0.5) is 0 Å². The fourth-order valence-electron chi connectivity index (χ4n) is 4.75. The van der Waals surface area contributed by atoms with Crippen LogP contribution in [-0.4, -0.2) is 112 Å². The average Bonchev–Trinajstić information content (AvgIpc) is 2.89. The standard InChI is InChI=1S/C12H24N2.C8H15NO.C7H13NO.C6H15NO2.CH4/c1-9(2)11(4)13-12-6-7-14(5)8-10(12)3;1-8(2)6-9(3)5-4-7(8)10;1-6-5-8(2)4-3-7(6)9;1-5(2)6(7)4-9-8-3;/h9,11,13H,6-8H2,1-5H3;4-6H2,1-3H3;6H,3-5H2,1-2H3;5-6H,4,7H2,1-3H3;1H4/t11-;;;6-;/m0..0./s1. The van der Waals surface area contributed by atoms with Gasteiger partial charge in [0.05, 0.1) is 13.7 Å². The molecule has 9 heteroatoms. The van der Waals surface area contributed by atoms with E-state index in [-0.39, 0.29) is 24.8 Å². The Balaban J connectivity index is 0. The molecule has 3 rings (SSSR count). The van der Waals surface area contributed by atoms with Crippen molar-refractivity contribution in [2.24, 2.45) is 28.9 Å². The number of carbonyl (C=O) groups is 2. The fourth-order valence-corrected chi connectivity index (χ4v) is 4.75. The lowest BCUT2D eigenvalue weighted by molar-refractivity contribution is -0.276. The van der Waals surface area contributed by atoms with Gasteiger partial charge in [0.25, 0.3) is 0 Å². The molecule has 3 atom stereocenters. The first kappa shape index (κ1) is 43.8. The molecule has 3 aliphatic heterocycles. The number of nitrogens with two attached hydrogens (primary N) is 1. The molecule has 0 aliphatic carbocycles. The minimum atomic E-state index is -0.104. The van der Waals surface area contributed by atoms with E-state index in [1.165, 1.54) is 31.3 Å². The van der Waals surface area contributed by atoms with Crippen molar-refractivity contribution in [3.05, 3.63) is 11.3 Å². The van der Waals surface area contributed by atoms with Gasteiger partial charge in [-0.05, 0) is 58.8 Å². The molecule has 3 aliphatic rings. The summed E-state index contributed by atoms with van der Waals surface area (Å²) in [6, 6.07) is 0.660. The molecular formula is C34H71N5O4. The lowest BCUT2D eigenvalue weighted by atomic mass is 9.83. The van der Waals surface area contributed by atoms with Crippen molar-refractivity contribution in [1.82, 2.24) is 20.0 Å². The Morgan fingerprint density at radius 3 is 1.91 bits per heavy atom. The van der Waals surface area contributed by atoms with Crippen molar-refractivity contribution in [2.45, 2.75) is 101 Å². The van der Waals surface area contributed by atoms with E-state index in [0.29, 0.717) is 36.1 Å². The maximum Gasteiger partial charge on any atom is 0.141 e. The summed E-state index contributed by atoms with van der Waals surface area (Å²) in [5, 5.41) is 3.64. The van der Waals surface area contributed by atoms with Gasteiger partial charge < -0.3 is 25.8 Å². The summed E-state index contributed by atoms with van der Waals surface area (Å²) in [6.45, 7) is 25.7. The van der Waals surface area contributed by atoms with Crippen molar-refractivity contribution in [2.75, 3.05) is 74.1 Å². The van der Waals surface area contributed by atoms with Crippen LogP contribution in [0.1, 0.15) is 89.0 Å². The van der Waals surface area contributed by atoms with Crippen molar-refractivity contribution in [3.63, 3.8) is 0 Å². The van der Waals surface area contributed by atoms with Crippen LogP contribution in [-0.2, 0) is 19.4 Å². The van der Waals surface area contributed by atoms with E-state index in [1.807, 2.05) is 34.6 Å². The second kappa shape index (κ2) is 22.2. The van der Waals surface area contributed by atoms with Crippen LogP contribution in [0.15, 0.2) is 11.3 Å². The maximum atomic E-state index is 11.2. The number of likely N-dealkylation sites (N-methyl/N-ethyl adjacent to an activating group) is 1. The maximum absolute atomic E-state index is 11.2. The normalized spacial score (nSPS) is 22.7. The van der Waals surface area contributed by atoms with Gasteiger partial charge in [-0.2, -0.15) is 0 Å². The van der Waals surface area contributed by atoms with E-state index in [1.54, 1.807) is 0 Å². The van der Waals surface area contributed by atoms with Gasteiger partial charge >= 0.3 is 0 Å². The first-order valence-electron chi connectivity index (χ1n) is 15.9. The Morgan fingerprint density at radius 2 is 1.49 bits per heavy atom. The molecule has 0 aromatic heterocycles. The van der Waals surface area contributed by atoms with Crippen molar-refractivity contribution in [3.8, 4) is 0 Å². The third-order valence-electron chi connectivity index (χ3n) is 8.42. The summed E-state index contributed by atoms with van der Waals surface area (Å²) in [5.41, 5.74) is 8.48. The third-order valence-corrected chi connectivity index (χ3v) is 8.42. The molecule has 3 N–H and O–H groups in total. The van der Waals surface area contributed by atoms with Crippen LogP contribution in [0.3, 0.4) is 0 Å². The third kappa shape index (κ3) is 18.9. The predicted molar refractivity (Wildman–Crippen MR) is 182 cm³/mol. The summed E-state index contributed by atoms with van der Waals surface area (Å²) in [6.07, 6.45) is 2.65. The first-order valence-corrected chi connectivity index (χ1v) is 15.9. The summed E-state index contributed by atoms with van der Waals surface area (Å²) in [7, 11) is 7.79. The Morgan fingerprint density at radius 1 is 0.930 bits per heavy atom. The van der Waals surface area contributed by atoms with Crippen LogP contribution in [0.2, 0.25) is 0 Å². The van der Waals surface area contributed by atoms with Crippen LogP contribution in [0.25, 0.3) is 0 Å². The van der Waals surface area contributed by atoms with Gasteiger partial charge in [0.1, 0.15) is 11.6 Å². The van der Waals surface area contributed by atoms with Gasteiger partial charge in [0.15, 0.2) is 0 Å². The molecule has 43 heavy (non-hydrogen) atoms. The van der Waals surface area contributed by atoms with Crippen molar-refractivity contribution in [1.29, 1.82) is 0 Å². The lowest BCUT2D eigenvalue weighted by Crippen LogP contribution is -2.44. The highest BCUT2D eigenvalue weighted by molar-refractivity contribution is 5.85. The molecule has 0 radical (unpaired) electrons. The van der Waals surface area contributed by atoms with Gasteiger partial charge in [-0.3, -0.25) is 9.59 Å². The number of hydrogen-bond donors (Lipinski definition) is 2. The number of ketones is 2. The smallest absolute Gasteiger partial charge is 0.141 e. The molecular weight excluding hydrogens is 542 g/mol. The Labute approximate surface area is 266 Å². The summed E-state index contributed by atoms with van der Waals surface area (Å²) in [4.78, 5) is 37.9. The number of piperidine rings is 2. The molecule has 256 valence electrons. The van der Waals surface area contributed by atoms with Crippen molar-refractivity contribution < 1.29 is 19.4 Å². The number of nitrogens with zero attached hydrogens (tertiary/aromatic N) is 3. The number of carbonyl (C=O) groups excluding carboxylic acids is 2. The van der Waals surface area contributed by atoms with Gasteiger partial charge in [-0.15, -0.1) is 0 Å². The molecule has 0 aromatic rings. The minimum absolute atomic E-state index is 0. The van der Waals surface area contributed by atoms with E-state index in [4.69, 9.17) is 5.73 Å². The number of likely N-dealkylation sites (tertiary alicyclic amines) is 2. The number of nitrogens with one attached hydrogen (secondary N) is 1. The molecule has 2 fully saturated rings. The van der Waals surface area contributed by atoms with Crippen LogP contribution in [0.5, 0.6) is 0 Å². The SMILES string of the molecule is C.CC1=C(N[C@@H](C)C(C)C)CCN(C)C1.CC1CN(C)CCC1=O.CN1CCC(=O)C(C)(C)C1.COOC[C@H](N)C(C)C. The average molecular weight is 614 g/mol. The molecule has 2 saturated heterocycles. The Kier molecular flexibility index (Phi) is 22.6. The highest BCUT2D eigenvalue weighted by Gasteiger charge is 2.32. The van der Waals surface area contributed by atoms with Crippen LogP contribution >= 0.6 is 0 Å². The van der Waals surface area contributed by atoms with Gasteiger partial charge in [0, 0.05) is 81.2 Å². The molecule has 3 heterocycles. The van der Waals surface area contributed by atoms with Crippen LogP contribution in [0, 0.1) is 23.2 Å². The zero-order chi connectivity index (χ0) is 32.6. The first-order chi connectivity index (χ1) is 19.4. The van der Waals surface area contributed by atoms with E-state index >= 15 is 0 Å². The highest BCUT2D eigenvalue weighted by Crippen LogP contribution is 2.23. The molecule has 1 unspecified atom stereocenters. The van der Waals surface area contributed by atoms with Crippen LogP contribution < -0.4 is 11.1 Å². The topological polar surface area (TPSA) is 100 Å². The summed E-state index contributed by atoms with van der Waals surface area (Å²) in [5.74, 6) is 2.25. The quantitative estimate of drug-likeness (QED) is 0.308. The number of hydrogen-bond acceptors (Lipinski definition) is 9. The minimum Gasteiger partial charge on any atom is -0.386 e. The van der Waals surface area contributed by atoms with E-state index in [0.717, 1.165) is 45.6 Å². The zero-order valence-electron chi connectivity index (χ0n) is 29.5. The predicted octanol–water partition coefficient (Wildman–Crippen LogP) is 4.86. The summed E-state index contributed by atoms with van der Waals surface area (Å²) < 4.78 is 0. The largest absolute Gasteiger partial charge is 0.386 e. The van der Waals surface area contributed by atoms with Crippen molar-refractivity contribution >= 4 is 11.6 Å². The number of rotatable bonds is 7. The van der Waals surface area contributed by atoms with Gasteiger partial charge in [-0.1, -0.05) is 55.9 Å². The Bertz CT molecular complexity index is 815. The second-order valence-corrected chi connectivity index (χ2v) is 14.0. The molecule has 0 bridgehead atoms. The van der Waals surface area contributed by atoms with E-state index in [2.05, 4.69) is 78.6 Å². The van der Waals surface area contributed by atoms with E-state index < -0.39 is 0 Å². The van der Waals surface area contributed by atoms with Gasteiger partial charge in [0.2, 0.25) is 0 Å². The molecule has 0 saturated carbocycles. The van der Waals surface area contributed by atoms with Gasteiger partial charge in [-0.25, -0.2) is 9.78 Å². The lowest BCUT2D eigenvalue weighted by Gasteiger charge is -2.34. The molecule has 0 spiro atoms. The zero-order valence-corrected chi connectivity index (χ0v) is 29.5. The Hall–Kier alpha value is -1.36. The summed E-state index contributed by atoms with van der Waals surface area (Å²) >= 11 is 0. The second-order valence-electron chi connectivity index (χ2n) is 14.0. The molecule has 9 nitrogen and oxygen atoms in total. The monoisotopic (exact) mass is 614 g/mol. The fraction of sp³-hybridized carbons (Fsp3) is 0.882.